The van der Waals surface area contributed by atoms with Gasteiger partial charge in [-0.15, -0.1) is 18.0 Å². The van der Waals surface area contributed by atoms with E-state index >= 15 is 0 Å². The van der Waals surface area contributed by atoms with Gasteiger partial charge in [0, 0.05) is 62.1 Å². The Hall–Kier alpha value is -3.38. The van der Waals surface area contributed by atoms with Gasteiger partial charge in [0.05, 0.1) is 53.7 Å². The summed E-state index contributed by atoms with van der Waals surface area (Å²) in [5, 5.41) is 27.9. The van der Waals surface area contributed by atoms with Crippen molar-refractivity contribution >= 4 is 86.2 Å². The molecule has 0 bridgehead atoms. The van der Waals surface area contributed by atoms with Crippen LogP contribution in [0.4, 0.5) is 11.4 Å². The van der Waals surface area contributed by atoms with Crippen LogP contribution in [-0.2, 0) is 16.0 Å². The zero-order valence-electron chi connectivity index (χ0n) is 34.6. The first-order valence-electron chi connectivity index (χ1n) is 17.8. The third-order valence-corrected chi connectivity index (χ3v) is 7.45. The standard InChI is InChI=1S/C12H13ClN4O.C11H10ClN3O.C10H11ClN4.C4H9O.C2H5Br.CH4.ClH.Na/c1-3-16(9(2)18)11-8-17(15-12(11)13)10-5-4-6-14-7-10;1-8(16)5-9-7-15(14-11(9)12)10-3-2-4-13-6-10;1-2-13-9-7-15(14-10(9)11)8-4-3-5-12-6-8;1-4(2,3)5;1-2-3;;;/h4-8H,3H2,1-2H3;2-4,6-7H,5H2,1H3;3-7,13H,2H2,1H3;1-3H3;2H2,1H3;1H4;1H;/q;;;-1;;;;+1. The molecule has 6 aromatic heterocycles. The van der Waals surface area contributed by atoms with Gasteiger partial charge >= 0.3 is 29.6 Å². The number of anilines is 2. The van der Waals surface area contributed by atoms with Crippen molar-refractivity contribution in [3.63, 3.8) is 0 Å². The largest absolute Gasteiger partial charge is 1.00 e. The fourth-order valence-electron chi connectivity index (χ4n) is 4.39. The van der Waals surface area contributed by atoms with Gasteiger partial charge in [0.25, 0.3) is 0 Å². The fourth-order valence-corrected chi connectivity index (χ4v) is 5.02. The van der Waals surface area contributed by atoms with E-state index in [2.05, 4.69) is 51.5 Å². The molecule has 0 saturated heterocycles. The van der Waals surface area contributed by atoms with E-state index in [0.29, 0.717) is 34.1 Å². The van der Waals surface area contributed by atoms with Crippen molar-refractivity contribution in [1.82, 2.24) is 44.3 Å². The predicted molar refractivity (Wildman–Crippen MR) is 245 cm³/mol. The number of halogens is 5. The summed E-state index contributed by atoms with van der Waals surface area (Å²) in [5.41, 5.74) is 3.93. The monoisotopic (exact) mass is 977 g/mol. The van der Waals surface area contributed by atoms with E-state index in [4.69, 9.17) is 34.8 Å². The normalized spacial score (nSPS) is 9.75. The van der Waals surface area contributed by atoms with E-state index in [9.17, 15) is 14.7 Å². The first kappa shape index (κ1) is 58.7. The molecule has 0 aliphatic heterocycles. The maximum Gasteiger partial charge on any atom is 1.00 e. The van der Waals surface area contributed by atoms with Gasteiger partial charge in [-0.1, -0.05) is 85.9 Å². The Kier molecular flexibility index (Phi) is 30.0. The van der Waals surface area contributed by atoms with E-state index < -0.39 is 5.60 Å². The summed E-state index contributed by atoms with van der Waals surface area (Å²) in [6.45, 7) is 15.2. The first-order valence-corrected chi connectivity index (χ1v) is 20.0. The molecule has 14 nitrogen and oxygen atoms in total. The Bertz CT molecular complexity index is 2080. The quantitative estimate of drug-likeness (QED) is 0.128. The van der Waals surface area contributed by atoms with E-state index in [0.717, 1.165) is 40.2 Å². The van der Waals surface area contributed by atoms with Crippen LogP contribution in [0.3, 0.4) is 0 Å². The molecule has 6 heterocycles. The van der Waals surface area contributed by atoms with Gasteiger partial charge in [0.2, 0.25) is 5.91 Å². The van der Waals surface area contributed by atoms with Crippen LogP contribution in [0.2, 0.25) is 15.5 Å². The van der Waals surface area contributed by atoms with Crippen LogP contribution in [0, 0.1) is 0 Å². The number of nitrogens with one attached hydrogen (secondary N) is 1. The second kappa shape index (κ2) is 30.6. The first-order chi connectivity index (χ1) is 27.0. The Balaban J connectivity index is 0. The average molecular weight is 981 g/mol. The van der Waals surface area contributed by atoms with Gasteiger partial charge in [-0.25, -0.2) is 14.0 Å². The number of aromatic nitrogens is 9. The summed E-state index contributed by atoms with van der Waals surface area (Å²) >= 11 is 21.1. The Morgan fingerprint density at radius 2 is 1.17 bits per heavy atom. The molecule has 6 aromatic rings. The van der Waals surface area contributed by atoms with Gasteiger partial charge in [-0.2, -0.15) is 15.3 Å². The van der Waals surface area contributed by atoms with Crippen LogP contribution in [0.15, 0.2) is 92.2 Å². The molecule has 0 atom stereocenters. The molecule has 6 rings (SSSR count). The second-order valence-corrected chi connectivity index (χ2v) is 14.8. The number of alkyl halides is 1. The Morgan fingerprint density at radius 3 is 1.53 bits per heavy atom. The zero-order chi connectivity index (χ0) is 42.5. The third-order valence-electron chi connectivity index (χ3n) is 6.58. The van der Waals surface area contributed by atoms with E-state index in [1.807, 2.05) is 63.4 Å². The number of Topliss-reactive ketones (excluding diaryl/α,β-unsaturated/α-hetero) is 1. The van der Waals surface area contributed by atoms with Crippen molar-refractivity contribution < 1.29 is 44.3 Å². The van der Waals surface area contributed by atoms with Crippen molar-refractivity contribution in [3.8, 4) is 17.1 Å². The molecule has 0 aliphatic rings. The fraction of sp³-hybridized carbons (Fsp3) is 0.350. The smallest absolute Gasteiger partial charge is 0.850 e. The molecular weight excluding hydrogens is 927 g/mol. The van der Waals surface area contributed by atoms with E-state index in [-0.39, 0.29) is 61.1 Å². The summed E-state index contributed by atoms with van der Waals surface area (Å²) in [6.07, 6.45) is 15.8. The predicted octanol–water partition coefficient (Wildman–Crippen LogP) is 6.31. The summed E-state index contributed by atoms with van der Waals surface area (Å²) in [6, 6.07) is 11.1. The molecule has 0 spiro atoms. The van der Waals surface area contributed by atoms with Crippen molar-refractivity contribution in [2.24, 2.45) is 0 Å². The maximum atomic E-state index is 11.5. The second-order valence-electron chi connectivity index (χ2n) is 12.6. The molecule has 0 fully saturated rings. The Morgan fingerprint density at radius 1 is 0.767 bits per heavy atom. The number of ketones is 1. The minimum atomic E-state index is -0.750. The van der Waals surface area contributed by atoms with Gasteiger partial charge in [0.15, 0.2) is 15.5 Å². The Labute approximate surface area is 405 Å². The summed E-state index contributed by atoms with van der Waals surface area (Å²) in [5.74, 6) is -0.00206. The molecule has 0 aliphatic carbocycles. The number of hydrogen-bond acceptors (Lipinski definition) is 10. The average Bonchev–Trinajstić information content (AvgIpc) is 3.85. The molecule has 0 saturated carbocycles. The molecule has 1 amide bonds. The topological polar surface area (TPSA) is 165 Å². The third kappa shape index (κ3) is 21.4. The number of hydrogen-bond donors (Lipinski definition) is 1. The summed E-state index contributed by atoms with van der Waals surface area (Å²) in [7, 11) is 0. The number of carbonyl (C=O) groups is 2. The molecule has 0 aromatic carbocycles. The number of rotatable bonds is 9. The van der Waals surface area contributed by atoms with Crippen molar-refractivity contribution in [3.05, 3.63) is 113 Å². The zero-order valence-corrected chi connectivity index (χ0v) is 41.3. The van der Waals surface area contributed by atoms with Gasteiger partial charge in [-0.3, -0.25) is 24.5 Å². The number of carbonyl (C=O) groups excluding carboxylic acids is 2. The summed E-state index contributed by atoms with van der Waals surface area (Å²) in [4.78, 5) is 36.1. The van der Waals surface area contributed by atoms with Crippen LogP contribution >= 0.6 is 63.1 Å². The molecule has 20 heteroatoms. The van der Waals surface area contributed by atoms with Crippen molar-refractivity contribution in [2.45, 2.75) is 74.8 Å². The van der Waals surface area contributed by atoms with E-state index in [1.54, 1.807) is 89.3 Å². The number of nitrogens with zero attached hydrogens (tertiary/aromatic N) is 10. The SMILES string of the molecule is C.CC(=O)Cc1cn(-c2cccnc2)nc1Cl.CC(C)(C)[O-].CCBr.CCN(C(C)=O)c1cn(-c2cccnc2)nc1Cl.CCNc1cn(-c2cccnc2)nc1Cl.Cl.[Na+]. The molecule has 60 heavy (non-hydrogen) atoms. The molecule has 0 unspecified atom stereocenters. The van der Waals surface area contributed by atoms with Crippen molar-refractivity contribution in [1.29, 1.82) is 0 Å². The van der Waals surface area contributed by atoms with Crippen LogP contribution in [0.25, 0.3) is 17.1 Å². The number of pyridine rings is 3. The summed E-state index contributed by atoms with van der Waals surface area (Å²) < 4.78 is 4.93. The van der Waals surface area contributed by atoms with Gasteiger partial charge < -0.3 is 15.3 Å². The minimum Gasteiger partial charge on any atom is -0.850 e. The maximum absolute atomic E-state index is 11.5. The molecule has 322 valence electrons. The number of amides is 1. The molecule has 1 N–H and O–H groups in total. The van der Waals surface area contributed by atoms with E-state index in [1.165, 1.54) is 13.8 Å². The van der Waals surface area contributed by atoms with Crippen molar-refractivity contribution in [2.75, 3.05) is 28.6 Å². The van der Waals surface area contributed by atoms with Crippen LogP contribution in [0.5, 0.6) is 0 Å². The van der Waals surface area contributed by atoms with Gasteiger partial charge in [0.1, 0.15) is 11.5 Å². The van der Waals surface area contributed by atoms with Gasteiger partial charge in [-0.05, 0) is 57.2 Å². The van der Waals surface area contributed by atoms with Crippen LogP contribution < -0.4 is 44.9 Å². The minimum absolute atomic E-state index is 0. The molecule has 0 radical (unpaired) electrons. The van der Waals surface area contributed by atoms with Crippen LogP contribution in [0.1, 0.15) is 68.4 Å². The van der Waals surface area contributed by atoms with Crippen LogP contribution in [-0.4, -0.2) is 80.0 Å². The molecular formula is C40H53BrCl4N11NaO3.